The molecule has 0 bridgehead atoms. The molecule has 1 amide bonds. The summed E-state index contributed by atoms with van der Waals surface area (Å²) in [5.74, 6) is 1.15. The molecule has 0 saturated heterocycles. The number of aryl methyl sites for hydroxylation is 2. The van der Waals surface area contributed by atoms with E-state index in [1.807, 2.05) is 60.1 Å². The minimum absolute atomic E-state index is 0.220. The van der Waals surface area contributed by atoms with Crippen molar-refractivity contribution >= 4 is 28.4 Å². The fraction of sp³-hybridized carbons (Fsp3) is 0.115. The average Bonchev–Trinajstić information content (AvgIpc) is 3.41. The summed E-state index contributed by atoms with van der Waals surface area (Å²) >= 11 is 0. The molecule has 35 heavy (non-hydrogen) atoms. The largest absolute Gasteiger partial charge is 0.421 e. The van der Waals surface area contributed by atoms with Crippen LogP contribution in [-0.4, -0.2) is 30.6 Å². The maximum Gasteiger partial charge on any atom is 0.250 e. The summed E-state index contributed by atoms with van der Waals surface area (Å²) in [4.78, 5) is 20.7. The lowest BCUT2D eigenvalue weighted by Crippen LogP contribution is -2.11. The molecule has 0 atom stereocenters. The highest BCUT2D eigenvalue weighted by atomic mass is 16.4. The van der Waals surface area contributed by atoms with Crippen molar-refractivity contribution in [1.82, 2.24) is 24.7 Å². The predicted molar refractivity (Wildman–Crippen MR) is 135 cm³/mol. The van der Waals surface area contributed by atoms with E-state index in [-0.39, 0.29) is 5.91 Å². The number of rotatable bonds is 5. The van der Waals surface area contributed by atoms with Gasteiger partial charge in [0, 0.05) is 36.4 Å². The molecule has 9 heteroatoms. The van der Waals surface area contributed by atoms with E-state index in [1.54, 1.807) is 13.8 Å². The van der Waals surface area contributed by atoms with Crippen molar-refractivity contribution in [3.63, 3.8) is 0 Å². The standard InChI is InChI=1S/C26H23N7O2/c1-14(2)25(34)30-19-11-9-17(10-12-19)22-20(21-23(27)28-13-29-24(21)33(22)4)16-5-7-18(8-6-16)26-32-31-15(3)35-26/h5-13H,1H2,2-4H3,(H,30,34)(H2,27,28,29). The molecule has 0 radical (unpaired) electrons. The zero-order valence-corrected chi connectivity index (χ0v) is 19.5. The predicted octanol–water partition coefficient (Wildman–Crippen LogP) is 4.76. The number of fused-ring (bicyclic) bond motifs is 1. The number of carbonyl (C=O) groups is 1. The summed E-state index contributed by atoms with van der Waals surface area (Å²) in [6.07, 6.45) is 1.46. The van der Waals surface area contributed by atoms with Gasteiger partial charge < -0.3 is 20.0 Å². The van der Waals surface area contributed by atoms with Crippen LogP contribution in [0.15, 0.2) is 71.4 Å². The first-order chi connectivity index (χ1) is 16.8. The first-order valence-electron chi connectivity index (χ1n) is 10.9. The smallest absolute Gasteiger partial charge is 0.250 e. The van der Waals surface area contributed by atoms with Gasteiger partial charge in [0.05, 0.1) is 11.1 Å². The van der Waals surface area contributed by atoms with Crippen LogP contribution in [-0.2, 0) is 11.8 Å². The molecule has 174 valence electrons. The number of nitrogens with one attached hydrogen (secondary N) is 1. The third-order valence-corrected chi connectivity index (χ3v) is 5.75. The molecule has 0 unspecified atom stereocenters. The number of nitrogen functional groups attached to an aromatic ring is 1. The number of amides is 1. The summed E-state index contributed by atoms with van der Waals surface area (Å²) in [5.41, 5.74) is 12.7. The van der Waals surface area contributed by atoms with E-state index >= 15 is 0 Å². The Balaban J connectivity index is 1.64. The van der Waals surface area contributed by atoms with Crippen molar-refractivity contribution in [2.45, 2.75) is 13.8 Å². The second-order valence-electron chi connectivity index (χ2n) is 8.26. The summed E-state index contributed by atoms with van der Waals surface area (Å²) in [6.45, 7) is 7.10. The first-order valence-corrected chi connectivity index (χ1v) is 10.9. The maximum atomic E-state index is 12.0. The van der Waals surface area contributed by atoms with E-state index in [0.29, 0.717) is 28.9 Å². The van der Waals surface area contributed by atoms with E-state index in [2.05, 4.69) is 32.1 Å². The number of benzene rings is 2. The summed E-state index contributed by atoms with van der Waals surface area (Å²) in [6, 6.07) is 15.4. The fourth-order valence-corrected chi connectivity index (χ4v) is 4.04. The van der Waals surface area contributed by atoms with Crippen LogP contribution in [0.5, 0.6) is 0 Å². The Labute approximate surface area is 201 Å². The van der Waals surface area contributed by atoms with Gasteiger partial charge in [0.2, 0.25) is 11.8 Å². The van der Waals surface area contributed by atoms with Gasteiger partial charge in [0.15, 0.2) is 0 Å². The Bertz CT molecular complexity index is 1580. The number of hydrogen-bond acceptors (Lipinski definition) is 7. The molecule has 3 heterocycles. The lowest BCUT2D eigenvalue weighted by molar-refractivity contribution is -0.112. The van der Waals surface area contributed by atoms with Crippen LogP contribution in [0, 0.1) is 6.92 Å². The van der Waals surface area contributed by atoms with Gasteiger partial charge in [-0.15, -0.1) is 10.2 Å². The number of aromatic nitrogens is 5. The molecule has 5 rings (SSSR count). The van der Waals surface area contributed by atoms with Crippen molar-refractivity contribution in [1.29, 1.82) is 0 Å². The molecule has 0 aliphatic rings. The van der Waals surface area contributed by atoms with Gasteiger partial charge in [0.1, 0.15) is 17.8 Å². The lowest BCUT2D eigenvalue weighted by atomic mass is 9.97. The number of nitrogens with two attached hydrogens (primary N) is 1. The van der Waals surface area contributed by atoms with Crippen LogP contribution in [0.4, 0.5) is 11.5 Å². The first kappa shape index (κ1) is 22.0. The Morgan fingerprint density at radius 1 is 1.00 bits per heavy atom. The van der Waals surface area contributed by atoms with Gasteiger partial charge in [-0.05, 0) is 42.3 Å². The molecule has 5 aromatic rings. The topological polar surface area (TPSA) is 125 Å². The molecule has 0 aliphatic carbocycles. The van der Waals surface area contributed by atoms with Gasteiger partial charge in [-0.3, -0.25) is 4.79 Å². The van der Waals surface area contributed by atoms with E-state index in [4.69, 9.17) is 10.2 Å². The molecule has 3 N–H and O–H groups in total. The van der Waals surface area contributed by atoms with Gasteiger partial charge in [-0.2, -0.15) is 0 Å². The zero-order chi connectivity index (χ0) is 24.7. The molecule has 0 spiro atoms. The Morgan fingerprint density at radius 3 is 2.29 bits per heavy atom. The fourth-order valence-electron chi connectivity index (χ4n) is 4.04. The Morgan fingerprint density at radius 2 is 1.66 bits per heavy atom. The second-order valence-corrected chi connectivity index (χ2v) is 8.26. The average molecular weight is 466 g/mol. The van der Waals surface area contributed by atoms with Gasteiger partial charge >= 0.3 is 0 Å². The van der Waals surface area contributed by atoms with Crippen molar-refractivity contribution in [3.05, 3.63) is 72.9 Å². The van der Waals surface area contributed by atoms with Crippen molar-refractivity contribution < 1.29 is 9.21 Å². The highest BCUT2D eigenvalue weighted by molar-refractivity contribution is 6.08. The molecule has 0 aliphatic heterocycles. The van der Waals surface area contributed by atoms with Crippen LogP contribution in [0.2, 0.25) is 0 Å². The van der Waals surface area contributed by atoms with Crippen LogP contribution < -0.4 is 11.1 Å². The molecule has 0 fully saturated rings. The van der Waals surface area contributed by atoms with E-state index in [0.717, 1.165) is 39.0 Å². The SMILES string of the molecule is C=C(C)C(=O)Nc1ccc(-c2c(-c3ccc(-c4nnc(C)o4)cc3)c3c(N)ncnc3n2C)cc1. The normalized spacial score (nSPS) is 11.1. The minimum atomic E-state index is -0.220. The van der Waals surface area contributed by atoms with Gasteiger partial charge in [-0.25, -0.2) is 9.97 Å². The lowest BCUT2D eigenvalue weighted by Gasteiger charge is -2.11. The minimum Gasteiger partial charge on any atom is -0.421 e. The van der Waals surface area contributed by atoms with E-state index in [1.165, 1.54) is 6.33 Å². The van der Waals surface area contributed by atoms with Crippen molar-refractivity contribution in [2.75, 3.05) is 11.1 Å². The quantitative estimate of drug-likeness (QED) is 0.359. The highest BCUT2D eigenvalue weighted by Gasteiger charge is 2.22. The maximum absolute atomic E-state index is 12.0. The number of anilines is 2. The number of nitrogens with zero attached hydrogens (tertiary/aromatic N) is 5. The van der Waals surface area contributed by atoms with Crippen molar-refractivity contribution in [3.8, 4) is 33.8 Å². The number of carbonyl (C=O) groups excluding carboxylic acids is 1. The Kier molecular flexibility index (Phi) is 5.37. The third kappa shape index (κ3) is 3.93. The summed E-state index contributed by atoms with van der Waals surface area (Å²) in [7, 11) is 1.94. The van der Waals surface area contributed by atoms with Crippen LogP contribution >= 0.6 is 0 Å². The van der Waals surface area contributed by atoms with E-state index in [9.17, 15) is 4.79 Å². The summed E-state index contributed by atoms with van der Waals surface area (Å²) in [5, 5.41) is 11.6. The van der Waals surface area contributed by atoms with Crippen molar-refractivity contribution in [2.24, 2.45) is 7.05 Å². The van der Waals surface area contributed by atoms with Crippen LogP contribution in [0.25, 0.3) is 44.9 Å². The molecular formula is C26H23N7O2. The number of hydrogen-bond donors (Lipinski definition) is 2. The molecule has 3 aromatic heterocycles. The third-order valence-electron chi connectivity index (χ3n) is 5.75. The Hall–Kier alpha value is -4.79. The molecule has 2 aromatic carbocycles. The molecule has 0 saturated carbocycles. The van der Waals surface area contributed by atoms with Crippen LogP contribution in [0.3, 0.4) is 0 Å². The monoisotopic (exact) mass is 465 g/mol. The van der Waals surface area contributed by atoms with Crippen LogP contribution in [0.1, 0.15) is 12.8 Å². The summed E-state index contributed by atoms with van der Waals surface area (Å²) < 4.78 is 7.55. The van der Waals surface area contributed by atoms with E-state index < -0.39 is 0 Å². The second kappa shape index (κ2) is 8.53. The zero-order valence-electron chi connectivity index (χ0n) is 19.5. The molecule has 9 nitrogen and oxygen atoms in total. The van der Waals surface area contributed by atoms with Gasteiger partial charge in [-0.1, -0.05) is 30.8 Å². The highest BCUT2D eigenvalue weighted by Crippen LogP contribution is 2.42. The molecular weight excluding hydrogens is 442 g/mol. The van der Waals surface area contributed by atoms with Gasteiger partial charge in [0.25, 0.3) is 5.91 Å².